The maximum atomic E-state index is 13.2. The van der Waals surface area contributed by atoms with Gasteiger partial charge in [-0.05, 0) is 30.3 Å². The van der Waals surface area contributed by atoms with E-state index in [4.69, 9.17) is 17.3 Å². The van der Waals surface area contributed by atoms with Crippen LogP contribution >= 0.6 is 11.6 Å². The Labute approximate surface area is 118 Å². The number of nitrogens with zero attached hydrogens (tertiary/aromatic N) is 4. The normalized spacial score (nSPS) is 10.7. The number of nitrogens with two attached hydrogens (primary N) is 1. The minimum atomic E-state index is -0.499. The molecule has 0 fully saturated rings. The molecule has 5 nitrogen and oxygen atoms in total. The van der Waals surface area contributed by atoms with Gasteiger partial charge in [-0.3, -0.25) is 4.98 Å². The predicted octanol–water partition coefficient (Wildman–Crippen LogP) is 2.70. The third kappa shape index (κ3) is 2.10. The summed E-state index contributed by atoms with van der Waals surface area (Å²) in [5, 5.41) is 7.99. The topological polar surface area (TPSA) is 69.6 Å². The van der Waals surface area contributed by atoms with E-state index >= 15 is 0 Å². The molecule has 0 saturated carbocycles. The predicted molar refractivity (Wildman–Crippen MR) is 74.0 cm³/mol. The molecule has 2 N–H and O–H groups in total. The molecule has 0 unspecified atom stereocenters. The quantitative estimate of drug-likeness (QED) is 0.787. The third-order valence-corrected chi connectivity index (χ3v) is 3.08. The van der Waals surface area contributed by atoms with Crippen LogP contribution < -0.4 is 5.73 Å². The van der Waals surface area contributed by atoms with Crippen molar-refractivity contribution in [2.24, 2.45) is 0 Å². The number of hydrogen-bond acceptors (Lipinski definition) is 4. The lowest BCUT2D eigenvalue weighted by Crippen LogP contribution is -2.02. The zero-order valence-electron chi connectivity index (χ0n) is 10.2. The average molecular weight is 290 g/mol. The Balaban J connectivity index is 2.08. The number of benzene rings is 1. The summed E-state index contributed by atoms with van der Waals surface area (Å²) in [4.78, 5) is 4.01. The fourth-order valence-corrected chi connectivity index (χ4v) is 1.98. The summed E-state index contributed by atoms with van der Waals surface area (Å²) in [6, 6.07) is 7.83. The molecule has 0 atom stereocenters. The van der Waals surface area contributed by atoms with Crippen molar-refractivity contribution in [2.75, 3.05) is 5.73 Å². The van der Waals surface area contributed by atoms with Crippen LogP contribution in [0.4, 0.5) is 10.2 Å². The second-order valence-corrected chi connectivity index (χ2v) is 4.48. The minimum absolute atomic E-state index is 0.000303. The Bertz CT molecular complexity index is 757. The van der Waals surface area contributed by atoms with Crippen LogP contribution in [0.25, 0.3) is 16.9 Å². The van der Waals surface area contributed by atoms with Crippen LogP contribution in [0.1, 0.15) is 0 Å². The monoisotopic (exact) mass is 289 g/mol. The lowest BCUT2D eigenvalue weighted by molar-refractivity contribution is 0.627. The van der Waals surface area contributed by atoms with E-state index in [1.807, 2.05) is 6.07 Å². The maximum Gasteiger partial charge on any atom is 0.155 e. The van der Waals surface area contributed by atoms with Gasteiger partial charge in [0.15, 0.2) is 5.82 Å². The molecule has 3 rings (SSSR count). The Morgan fingerprint density at radius 2 is 2.10 bits per heavy atom. The molecular weight excluding hydrogens is 281 g/mol. The van der Waals surface area contributed by atoms with Crippen molar-refractivity contribution in [1.29, 1.82) is 0 Å². The van der Waals surface area contributed by atoms with E-state index in [-0.39, 0.29) is 5.02 Å². The molecule has 0 aliphatic rings. The van der Waals surface area contributed by atoms with E-state index in [0.717, 1.165) is 5.56 Å². The van der Waals surface area contributed by atoms with Crippen LogP contribution in [0, 0.1) is 5.82 Å². The second-order valence-electron chi connectivity index (χ2n) is 4.08. The molecule has 7 heteroatoms. The van der Waals surface area contributed by atoms with Crippen molar-refractivity contribution in [3.8, 4) is 16.9 Å². The largest absolute Gasteiger partial charge is 0.382 e. The first kappa shape index (κ1) is 12.6. The summed E-state index contributed by atoms with van der Waals surface area (Å²) < 4.78 is 14.6. The Kier molecular flexibility index (Phi) is 3.08. The van der Waals surface area contributed by atoms with Gasteiger partial charge in [-0.1, -0.05) is 16.8 Å². The first-order valence-corrected chi connectivity index (χ1v) is 6.11. The molecule has 2 aromatic heterocycles. The number of rotatable bonds is 2. The van der Waals surface area contributed by atoms with E-state index in [2.05, 4.69) is 15.3 Å². The summed E-state index contributed by atoms with van der Waals surface area (Å²) in [7, 11) is 0. The van der Waals surface area contributed by atoms with Gasteiger partial charge in [0, 0.05) is 18.0 Å². The van der Waals surface area contributed by atoms with E-state index in [0.29, 0.717) is 17.2 Å². The lowest BCUT2D eigenvalue weighted by Gasteiger charge is -2.04. The van der Waals surface area contributed by atoms with Crippen molar-refractivity contribution in [1.82, 2.24) is 20.0 Å². The van der Waals surface area contributed by atoms with Crippen molar-refractivity contribution >= 4 is 17.4 Å². The van der Waals surface area contributed by atoms with E-state index in [1.54, 1.807) is 18.5 Å². The smallest absolute Gasteiger partial charge is 0.155 e. The highest BCUT2D eigenvalue weighted by Gasteiger charge is 2.14. The van der Waals surface area contributed by atoms with Crippen molar-refractivity contribution in [2.45, 2.75) is 0 Å². The zero-order chi connectivity index (χ0) is 14.1. The van der Waals surface area contributed by atoms with Gasteiger partial charge in [0.1, 0.15) is 11.5 Å². The second kappa shape index (κ2) is 4.90. The highest BCUT2D eigenvalue weighted by atomic mass is 35.5. The maximum absolute atomic E-state index is 13.2. The summed E-state index contributed by atoms with van der Waals surface area (Å²) >= 11 is 5.75. The minimum Gasteiger partial charge on any atom is -0.382 e. The molecule has 20 heavy (non-hydrogen) atoms. The summed E-state index contributed by atoms with van der Waals surface area (Å²) in [6.45, 7) is 0. The molecule has 2 heterocycles. The van der Waals surface area contributed by atoms with Gasteiger partial charge >= 0.3 is 0 Å². The molecule has 0 amide bonds. The van der Waals surface area contributed by atoms with Crippen molar-refractivity contribution in [3.05, 3.63) is 53.6 Å². The number of pyridine rings is 1. The zero-order valence-corrected chi connectivity index (χ0v) is 10.9. The highest BCUT2D eigenvalue weighted by Crippen LogP contribution is 2.26. The fraction of sp³-hybridized carbons (Fsp3) is 0. The number of hydrogen-bond donors (Lipinski definition) is 1. The third-order valence-electron chi connectivity index (χ3n) is 2.79. The molecule has 0 saturated heterocycles. The van der Waals surface area contributed by atoms with E-state index in [9.17, 15) is 4.39 Å². The molecule has 0 aliphatic heterocycles. The first-order chi connectivity index (χ1) is 9.66. The molecule has 0 radical (unpaired) electrons. The van der Waals surface area contributed by atoms with Gasteiger partial charge in [0.05, 0.1) is 10.7 Å². The lowest BCUT2D eigenvalue weighted by atomic mass is 10.2. The summed E-state index contributed by atoms with van der Waals surface area (Å²) in [5.74, 6) is -0.165. The molecule has 0 aliphatic carbocycles. The Morgan fingerprint density at radius 1 is 1.25 bits per heavy atom. The molecular formula is C13H9ClFN5. The van der Waals surface area contributed by atoms with Crippen LogP contribution in [0.15, 0.2) is 42.7 Å². The number of aromatic nitrogens is 4. The Morgan fingerprint density at radius 3 is 2.80 bits per heavy atom. The first-order valence-electron chi connectivity index (χ1n) is 5.74. The van der Waals surface area contributed by atoms with Crippen LogP contribution in [0.5, 0.6) is 0 Å². The van der Waals surface area contributed by atoms with Crippen molar-refractivity contribution in [3.63, 3.8) is 0 Å². The van der Waals surface area contributed by atoms with Crippen molar-refractivity contribution < 1.29 is 4.39 Å². The van der Waals surface area contributed by atoms with Crippen LogP contribution in [0.2, 0.25) is 5.02 Å². The summed E-state index contributed by atoms with van der Waals surface area (Å²) in [6.07, 6.45) is 3.30. The van der Waals surface area contributed by atoms with Gasteiger partial charge in [0.2, 0.25) is 0 Å². The Hall–Kier alpha value is -2.47. The highest BCUT2D eigenvalue weighted by molar-refractivity contribution is 6.30. The standard InChI is InChI=1S/C13H9ClFN5/c14-10-6-9(3-4-11(10)15)20-13(16)12(18-19-20)8-2-1-5-17-7-8/h1-7H,16H2. The number of anilines is 1. The van der Waals surface area contributed by atoms with Gasteiger partial charge in [0.25, 0.3) is 0 Å². The van der Waals surface area contributed by atoms with Gasteiger partial charge < -0.3 is 5.73 Å². The van der Waals surface area contributed by atoms with E-state index < -0.39 is 5.82 Å². The van der Waals surface area contributed by atoms with Crippen LogP contribution in [-0.4, -0.2) is 20.0 Å². The van der Waals surface area contributed by atoms with E-state index in [1.165, 1.54) is 22.9 Å². The number of halogens is 2. The fourth-order valence-electron chi connectivity index (χ4n) is 1.81. The van der Waals surface area contributed by atoms with Crippen LogP contribution in [-0.2, 0) is 0 Å². The van der Waals surface area contributed by atoms with Gasteiger partial charge in [-0.2, -0.15) is 4.68 Å². The molecule has 0 bridgehead atoms. The SMILES string of the molecule is Nc1c(-c2cccnc2)nnn1-c1ccc(F)c(Cl)c1. The van der Waals surface area contributed by atoms with Gasteiger partial charge in [-0.15, -0.1) is 5.10 Å². The molecule has 3 aromatic rings. The molecule has 100 valence electrons. The average Bonchev–Trinajstić information content (AvgIpc) is 2.85. The molecule has 1 aromatic carbocycles. The van der Waals surface area contributed by atoms with Gasteiger partial charge in [-0.25, -0.2) is 4.39 Å². The number of nitrogen functional groups attached to an aromatic ring is 1. The molecule has 0 spiro atoms. The van der Waals surface area contributed by atoms with Crippen LogP contribution in [0.3, 0.4) is 0 Å². The summed E-state index contributed by atoms with van der Waals surface area (Å²) in [5.41, 5.74) is 7.83.